The maximum atomic E-state index is 6.23. The molecule has 0 aromatic carbocycles. The van der Waals surface area contributed by atoms with E-state index < -0.39 is 0 Å². The Labute approximate surface area is 95.2 Å². The molecule has 90 valence electrons. The molecule has 0 spiro atoms. The summed E-state index contributed by atoms with van der Waals surface area (Å²) in [6.07, 6.45) is 5.28. The number of nitrogens with two attached hydrogens (primary N) is 1. The van der Waals surface area contributed by atoms with Crippen molar-refractivity contribution in [2.45, 2.75) is 52.5 Å². The normalized spacial score (nSPS) is 32.2. The van der Waals surface area contributed by atoms with Crippen LogP contribution >= 0.6 is 0 Å². The Balaban J connectivity index is 2.43. The van der Waals surface area contributed by atoms with Gasteiger partial charge in [0, 0.05) is 12.6 Å². The zero-order valence-electron chi connectivity index (χ0n) is 10.7. The van der Waals surface area contributed by atoms with Gasteiger partial charge in [0.25, 0.3) is 0 Å². The third kappa shape index (κ3) is 3.76. The summed E-state index contributed by atoms with van der Waals surface area (Å²) < 4.78 is 0. The Morgan fingerprint density at radius 3 is 2.33 bits per heavy atom. The van der Waals surface area contributed by atoms with Crippen molar-refractivity contribution in [1.29, 1.82) is 0 Å². The van der Waals surface area contributed by atoms with Crippen LogP contribution in [0.3, 0.4) is 0 Å². The highest BCUT2D eigenvalue weighted by molar-refractivity contribution is 4.83. The third-order valence-electron chi connectivity index (χ3n) is 4.11. The summed E-state index contributed by atoms with van der Waals surface area (Å²) in [6, 6.07) is 0.452. The molecule has 0 aromatic heterocycles. The standard InChI is InChI=1S/C13H28N2/c1-4-11-7-8-13(14)12(9-11)10-15(5-2)6-3/h11-13H,4-10,14H2,1-3H3. The fraction of sp³-hybridized carbons (Fsp3) is 1.00. The van der Waals surface area contributed by atoms with Gasteiger partial charge in [-0.1, -0.05) is 27.2 Å². The van der Waals surface area contributed by atoms with Crippen molar-refractivity contribution < 1.29 is 0 Å². The smallest absolute Gasteiger partial charge is 0.00795 e. The Morgan fingerprint density at radius 2 is 1.80 bits per heavy atom. The zero-order chi connectivity index (χ0) is 11.3. The van der Waals surface area contributed by atoms with Crippen LogP contribution in [0.5, 0.6) is 0 Å². The van der Waals surface area contributed by atoms with E-state index in [9.17, 15) is 0 Å². The van der Waals surface area contributed by atoms with Crippen molar-refractivity contribution in [3.8, 4) is 0 Å². The Morgan fingerprint density at radius 1 is 1.13 bits per heavy atom. The summed E-state index contributed by atoms with van der Waals surface area (Å²) in [5, 5.41) is 0. The topological polar surface area (TPSA) is 29.3 Å². The molecule has 0 bridgehead atoms. The van der Waals surface area contributed by atoms with E-state index in [1.807, 2.05) is 0 Å². The average Bonchev–Trinajstić information content (AvgIpc) is 2.28. The van der Waals surface area contributed by atoms with Gasteiger partial charge in [0.05, 0.1) is 0 Å². The second kappa shape index (κ2) is 6.49. The van der Waals surface area contributed by atoms with E-state index in [0.717, 1.165) is 24.9 Å². The van der Waals surface area contributed by atoms with Crippen LogP contribution in [0, 0.1) is 11.8 Å². The molecule has 1 fully saturated rings. The first-order valence-electron chi connectivity index (χ1n) is 6.69. The van der Waals surface area contributed by atoms with Crippen molar-refractivity contribution in [2.24, 2.45) is 17.6 Å². The van der Waals surface area contributed by atoms with Gasteiger partial charge < -0.3 is 10.6 Å². The second-order valence-corrected chi connectivity index (χ2v) is 5.00. The predicted molar refractivity (Wildman–Crippen MR) is 66.9 cm³/mol. The lowest BCUT2D eigenvalue weighted by atomic mass is 9.77. The van der Waals surface area contributed by atoms with E-state index in [1.54, 1.807) is 0 Å². The molecule has 0 aliphatic heterocycles. The van der Waals surface area contributed by atoms with Gasteiger partial charge in [-0.2, -0.15) is 0 Å². The summed E-state index contributed by atoms with van der Waals surface area (Å²) in [5.41, 5.74) is 6.23. The average molecular weight is 212 g/mol. The molecule has 15 heavy (non-hydrogen) atoms. The molecular weight excluding hydrogens is 184 g/mol. The maximum Gasteiger partial charge on any atom is 0.00795 e. The van der Waals surface area contributed by atoms with E-state index in [-0.39, 0.29) is 0 Å². The van der Waals surface area contributed by atoms with Crippen LogP contribution in [0.15, 0.2) is 0 Å². The van der Waals surface area contributed by atoms with Gasteiger partial charge in [-0.15, -0.1) is 0 Å². The molecule has 0 amide bonds. The molecule has 0 aromatic rings. The largest absolute Gasteiger partial charge is 0.327 e. The highest BCUT2D eigenvalue weighted by Crippen LogP contribution is 2.30. The van der Waals surface area contributed by atoms with Gasteiger partial charge in [-0.05, 0) is 44.2 Å². The highest BCUT2D eigenvalue weighted by atomic mass is 15.1. The molecule has 0 heterocycles. The van der Waals surface area contributed by atoms with Crippen LogP contribution in [0.2, 0.25) is 0 Å². The van der Waals surface area contributed by atoms with Crippen LogP contribution in [-0.4, -0.2) is 30.6 Å². The molecule has 1 rings (SSSR count). The second-order valence-electron chi connectivity index (χ2n) is 5.00. The first-order valence-corrected chi connectivity index (χ1v) is 6.69. The van der Waals surface area contributed by atoms with Crippen molar-refractivity contribution in [2.75, 3.05) is 19.6 Å². The van der Waals surface area contributed by atoms with Crippen molar-refractivity contribution >= 4 is 0 Å². The first kappa shape index (κ1) is 13.0. The molecule has 2 nitrogen and oxygen atoms in total. The van der Waals surface area contributed by atoms with E-state index >= 15 is 0 Å². The lowest BCUT2D eigenvalue weighted by molar-refractivity contribution is 0.162. The van der Waals surface area contributed by atoms with Gasteiger partial charge >= 0.3 is 0 Å². The quantitative estimate of drug-likeness (QED) is 0.758. The van der Waals surface area contributed by atoms with E-state index in [0.29, 0.717) is 6.04 Å². The highest BCUT2D eigenvalue weighted by Gasteiger charge is 2.27. The molecule has 3 unspecified atom stereocenters. The number of rotatable bonds is 5. The van der Waals surface area contributed by atoms with Crippen molar-refractivity contribution in [3.63, 3.8) is 0 Å². The molecule has 3 atom stereocenters. The van der Waals surface area contributed by atoms with E-state index in [2.05, 4.69) is 25.7 Å². The van der Waals surface area contributed by atoms with Gasteiger partial charge in [0.1, 0.15) is 0 Å². The van der Waals surface area contributed by atoms with Gasteiger partial charge in [-0.3, -0.25) is 0 Å². The molecule has 0 radical (unpaired) electrons. The van der Waals surface area contributed by atoms with Crippen LogP contribution in [-0.2, 0) is 0 Å². The van der Waals surface area contributed by atoms with Crippen LogP contribution in [0.4, 0.5) is 0 Å². The lowest BCUT2D eigenvalue weighted by Gasteiger charge is -2.36. The molecular formula is C13H28N2. The fourth-order valence-corrected chi connectivity index (χ4v) is 2.78. The van der Waals surface area contributed by atoms with Crippen molar-refractivity contribution in [3.05, 3.63) is 0 Å². The van der Waals surface area contributed by atoms with Crippen LogP contribution in [0.1, 0.15) is 46.5 Å². The Hall–Kier alpha value is -0.0800. The molecule has 1 aliphatic rings. The summed E-state index contributed by atoms with van der Waals surface area (Å²) in [4.78, 5) is 2.52. The minimum atomic E-state index is 0.452. The van der Waals surface area contributed by atoms with E-state index in [4.69, 9.17) is 5.73 Å². The molecule has 1 aliphatic carbocycles. The fourth-order valence-electron chi connectivity index (χ4n) is 2.78. The molecule has 2 heteroatoms. The first-order chi connectivity index (χ1) is 7.21. The molecule has 0 saturated heterocycles. The maximum absolute atomic E-state index is 6.23. The predicted octanol–water partition coefficient (Wildman–Crippen LogP) is 2.48. The number of nitrogens with zero attached hydrogens (tertiary/aromatic N) is 1. The molecule has 2 N–H and O–H groups in total. The van der Waals surface area contributed by atoms with Crippen LogP contribution in [0.25, 0.3) is 0 Å². The summed E-state index contributed by atoms with van der Waals surface area (Å²) in [7, 11) is 0. The Bertz CT molecular complexity index is 166. The minimum Gasteiger partial charge on any atom is -0.327 e. The Kier molecular flexibility index (Phi) is 5.62. The monoisotopic (exact) mass is 212 g/mol. The molecule has 1 saturated carbocycles. The van der Waals surface area contributed by atoms with E-state index in [1.165, 1.54) is 32.2 Å². The van der Waals surface area contributed by atoms with Gasteiger partial charge in [-0.25, -0.2) is 0 Å². The van der Waals surface area contributed by atoms with Gasteiger partial charge in [0.15, 0.2) is 0 Å². The summed E-state index contributed by atoms with van der Waals surface area (Å²) in [6.45, 7) is 10.3. The van der Waals surface area contributed by atoms with Crippen molar-refractivity contribution in [1.82, 2.24) is 4.90 Å². The third-order valence-corrected chi connectivity index (χ3v) is 4.11. The number of hydrogen-bond acceptors (Lipinski definition) is 2. The minimum absolute atomic E-state index is 0.452. The summed E-state index contributed by atoms with van der Waals surface area (Å²) in [5.74, 6) is 1.67. The number of hydrogen-bond donors (Lipinski definition) is 1. The SMILES string of the molecule is CCC1CCC(N)C(CN(CC)CC)C1. The zero-order valence-corrected chi connectivity index (χ0v) is 10.7. The lowest BCUT2D eigenvalue weighted by Crippen LogP contribution is -2.43. The van der Waals surface area contributed by atoms with Crippen LogP contribution < -0.4 is 5.73 Å². The summed E-state index contributed by atoms with van der Waals surface area (Å²) >= 11 is 0. The van der Waals surface area contributed by atoms with Gasteiger partial charge in [0.2, 0.25) is 0 Å².